The third-order valence-electron chi connectivity index (χ3n) is 4.63. The maximum Gasteiger partial charge on any atom is 0.411 e. The number of carbonyl (C=O) groups is 2. The van der Waals surface area contributed by atoms with E-state index in [2.05, 4.69) is 5.32 Å². The van der Waals surface area contributed by atoms with Crippen molar-refractivity contribution in [2.24, 2.45) is 0 Å². The van der Waals surface area contributed by atoms with Gasteiger partial charge in [-0.1, -0.05) is 48.4 Å². The summed E-state index contributed by atoms with van der Waals surface area (Å²) in [6.07, 6.45) is 0.165. The van der Waals surface area contributed by atoms with Crippen LogP contribution in [0.15, 0.2) is 48.5 Å². The Bertz CT molecular complexity index is 827. The molecule has 0 unspecified atom stereocenters. The van der Waals surface area contributed by atoms with Crippen molar-refractivity contribution in [3.05, 3.63) is 64.7 Å². The Morgan fingerprint density at radius 1 is 1.25 bits per heavy atom. The molecule has 1 N–H and O–H groups in total. The Morgan fingerprint density at radius 2 is 1.93 bits per heavy atom. The molecule has 7 heteroatoms. The number of nitrogens with one attached hydrogen (secondary N) is 1. The first-order valence-electron chi connectivity index (χ1n) is 9.16. The Labute approximate surface area is 174 Å². The molecule has 28 heavy (non-hydrogen) atoms. The number of anilines is 1. The number of aryl methyl sites for hydroxylation is 1. The van der Waals surface area contributed by atoms with Gasteiger partial charge in [0.05, 0.1) is 11.8 Å². The number of amides is 2. The second-order valence-electron chi connectivity index (χ2n) is 6.67. The van der Waals surface area contributed by atoms with Gasteiger partial charge in [-0.2, -0.15) is 0 Å². The molecule has 2 aromatic carbocycles. The molecule has 0 radical (unpaired) electrons. The number of ether oxygens (including phenoxy) is 1. The summed E-state index contributed by atoms with van der Waals surface area (Å²) in [4.78, 5) is 26.5. The molecule has 0 aromatic heterocycles. The van der Waals surface area contributed by atoms with Gasteiger partial charge in [0, 0.05) is 10.7 Å². The van der Waals surface area contributed by atoms with E-state index < -0.39 is 6.09 Å². The molecular formula is C21H23ClN2O3S. The van der Waals surface area contributed by atoms with E-state index in [0.717, 1.165) is 11.1 Å². The van der Waals surface area contributed by atoms with Crippen molar-refractivity contribution in [1.29, 1.82) is 0 Å². The van der Waals surface area contributed by atoms with Crippen LogP contribution in [0.2, 0.25) is 5.02 Å². The minimum atomic E-state index is -0.523. The van der Waals surface area contributed by atoms with Gasteiger partial charge in [-0.25, -0.2) is 4.79 Å². The minimum absolute atomic E-state index is 0.0549. The van der Waals surface area contributed by atoms with Crippen molar-refractivity contribution in [3.8, 4) is 0 Å². The number of nitrogens with zero attached hydrogens (tertiary/aromatic N) is 1. The lowest BCUT2D eigenvalue weighted by atomic mass is 10.1. The molecule has 148 valence electrons. The molecule has 0 spiro atoms. The summed E-state index contributed by atoms with van der Waals surface area (Å²) in [5.74, 6) is 0.471. The van der Waals surface area contributed by atoms with Gasteiger partial charge in [0.2, 0.25) is 5.91 Å². The van der Waals surface area contributed by atoms with Crippen LogP contribution >= 0.6 is 23.4 Å². The van der Waals surface area contributed by atoms with Gasteiger partial charge in [0.1, 0.15) is 12.0 Å². The second kappa shape index (κ2) is 9.34. The van der Waals surface area contributed by atoms with Crippen LogP contribution in [0.4, 0.5) is 10.5 Å². The van der Waals surface area contributed by atoms with Gasteiger partial charge < -0.3 is 9.64 Å². The highest BCUT2D eigenvalue weighted by Crippen LogP contribution is 2.40. The first-order valence-corrected chi connectivity index (χ1v) is 10.6. The van der Waals surface area contributed by atoms with Gasteiger partial charge in [-0.15, -0.1) is 11.8 Å². The topological polar surface area (TPSA) is 58.6 Å². The zero-order valence-electron chi connectivity index (χ0n) is 15.9. The van der Waals surface area contributed by atoms with Crippen LogP contribution in [0, 0.1) is 6.92 Å². The van der Waals surface area contributed by atoms with Crippen molar-refractivity contribution in [1.82, 2.24) is 4.90 Å². The van der Waals surface area contributed by atoms with Crippen molar-refractivity contribution in [2.45, 2.75) is 31.7 Å². The number of thioether (sulfide) groups is 1. The minimum Gasteiger partial charge on any atom is -0.447 e. The largest absolute Gasteiger partial charge is 0.447 e. The molecule has 0 aliphatic carbocycles. The van der Waals surface area contributed by atoms with E-state index in [0.29, 0.717) is 22.9 Å². The van der Waals surface area contributed by atoms with Crippen molar-refractivity contribution in [3.63, 3.8) is 0 Å². The van der Waals surface area contributed by atoms with E-state index in [-0.39, 0.29) is 23.9 Å². The fraction of sp³-hybridized carbons (Fsp3) is 0.333. The molecule has 1 aliphatic heterocycles. The van der Waals surface area contributed by atoms with Crippen LogP contribution in [-0.2, 0) is 9.53 Å². The van der Waals surface area contributed by atoms with Crippen molar-refractivity contribution in [2.75, 3.05) is 17.7 Å². The summed E-state index contributed by atoms with van der Waals surface area (Å²) in [6.45, 7) is 4.11. The molecule has 2 atom stereocenters. The summed E-state index contributed by atoms with van der Waals surface area (Å²) in [7, 11) is 0. The highest BCUT2D eigenvalue weighted by Gasteiger charge is 2.37. The van der Waals surface area contributed by atoms with Crippen molar-refractivity contribution >= 4 is 41.1 Å². The van der Waals surface area contributed by atoms with Gasteiger partial charge in [-0.3, -0.25) is 10.1 Å². The summed E-state index contributed by atoms with van der Waals surface area (Å²) < 4.78 is 5.42. The lowest BCUT2D eigenvalue weighted by Crippen LogP contribution is -2.41. The van der Waals surface area contributed by atoms with Gasteiger partial charge in [0.15, 0.2) is 0 Å². The number of carbonyl (C=O) groups excluding carboxylic acids is 2. The quantitative estimate of drug-likeness (QED) is 0.696. The number of hydrogen-bond acceptors (Lipinski definition) is 4. The van der Waals surface area contributed by atoms with Gasteiger partial charge >= 0.3 is 6.09 Å². The van der Waals surface area contributed by atoms with E-state index in [9.17, 15) is 9.59 Å². The van der Waals surface area contributed by atoms with Crippen LogP contribution < -0.4 is 5.32 Å². The molecule has 1 heterocycles. The summed E-state index contributed by atoms with van der Waals surface area (Å²) >= 11 is 7.56. The molecule has 3 rings (SSSR count). The highest BCUT2D eigenvalue weighted by atomic mass is 35.5. The molecule has 1 fully saturated rings. The number of halogens is 1. The molecular weight excluding hydrogens is 396 g/mol. The zero-order chi connectivity index (χ0) is 20.1. The number of rotatable bonds is 6. The first-order chi connectivity index (χ1) is 13.5. The average Bonchev–Trinajstić information content (AvgIpc) is 3.06. The monoisotopic (exact) mass is 418 g/mol. The lowest BCUT2D eigenvalue weighted by molar-refractivity contribution is -0.131. The van der Waals surface area contributed by atoms with E-state index >= 15 is 0 Å². The Balaban J connectivity index is 1.63. The Morgan fingerprint density at radius 3 is 2.57 bits per heavy atom. The molecule has 2 aromatic rings. The second-order valence-corrected chi connectivity index (χ2v) is 8.17. The molecule has 2 amide bonds. The van der Waals surface area contributed by atoms with E-state index in [4.69, 9.17) is 16.3 Å². The van der Waals surface area contributed by atoms with Crippen LogP contribution in [0.1, 0.15) is 29.8 Å². The van der Waals surface area contributed by atoms with E-state index in [1.54, 1.807) is 11.8 Å². The maximum absolute atomic E-state index is 12.5. The smallest absolute Gasteiger partial charge is 0.411 e. The third kappa shape index (κ3) is 5.00. The van der Waals surface area contributed by atoms with E-state index in [1.165, 1.54) is 0 Å². The SMILES string of the molecule is CC[C@@H](COC(=O)Nc1ccc(C)cc1)N1C(=O)CS[C@H]1c1ccc(Cl)cc1. The van der Waals surface area contributed by atoms with Crippen molar-refractivity contribution < 1.29 is 14.3 Å². The lowest BCUT2D eigenvalue weighted by Gasteiger charge is -2.32. The van der Waals surface area contributed by atoms with Gasteiger partial charge in [-0.05, 0) is 43.2 Å². The molecule has 1 saturated heterocycles. The highest BCUT2D eigenvalue weighted by molar-refractivity contribution is 8.00. The fourth-order valence-corrected chi connectivity index (χ4v) is 4.45. The third-order valence-corrected chi connectivity index (χ3v) is 6.11. The van der Waals surface area contributed by atoms with Crippen LogP contribution in [-0.4, -0.2) is 35.3 Å². The normalized spacial score (nSPS) is 17.5. The Hall–Kier alpha value is -2.18. The predicted molar refractivity (Wildman–Crippen MR) is 114 cm³/mol. The van der Waals surface area contributed by atoms with Crippen LogP contribution in [0.25, 0.3) is 0 Å². The molecule has 5 nitrogen and oxygen atoms in total. The summed E-state index contributed by atoms with van der Waals surface area (Å²) in [5.41, 5.74) is 2.81. The molecule has 1 aliphatic rings. The zero-order valence-corrected chi connectivity index (χ0v) is 17.4. The molecule has 0 saturated carbocycles. The fourth-order valence-electron chi connectivity index (χ4n) is 3.07. The first kappa shape index (κ1) is 20.6. The van der Waals surface area contributed by atoms with Gasteiger partial charge in [0.25, 0.3) is 0 Å². The van der Waals surface area contributed by atoms with E-state index in [1.807, 2.05) is 67.3 Å². The average molecular weight is 419 g/mol. The number of benzene rings is 2. The number of hydrogen-bond donors (Lipinski definition) is 1. The van der Waals surface area contributed by atoms with Crippen LogP contribution in [0.3, 0.4) is 0 Å². The predicted octanol–water partition coefficient (Wildman–Crippen LogP) is 5.25. The maximum atomic E-state index is 12.5. The standard InChI is InChI=1S/C21H23ClN2O3S/c1-3-18(12-27-21(26)23-17-10-4-14(2)5-11-17)24-19(25)13-28-20(24)15-6-8-16(22)9-7-15/h4-11,18,20H,3,12-13H2,1-2H3,(H,23,26)/t18-,20-/m0/s1. The van der Waals surface area contributed by atoms with Crippen LogP contribution in [0.5, 0.6) is 0 Å². The summed E-state index contributed by atoms with van der Waals surface area (Å²) in [5, 5.41) is 3.28. The summed E-state index contributed by atoms with van der Waals surface area (Å²) in [6, 6.07) is 14.8. The Kier molecular flexibility index (Phi) is 6.86. The molecule has 0 bridgehead atoms.